The Morgan fingerprint density at radius 2 is 0.913 bits per heavy atom. The molecule has 0 spiro atoms. The lowest BCUT2D eigenvalue weighted by atomic mass is 9.75. The summed E-state index contributed by atoms with van der Waals surface area (Å²) in [6, 6.07) is 0. The van der Waals surface area contributed by atoms with Crippen molar-refractivity contribution in [3.05, 3.63) is 73.3 Å². The second-order valence-corrected chi connectivity index (χ2v) is 7.71. The van der Waals surface area contributed by atoms with Crippen molar-refractivity contribution in [3.8, 4) is 0 Å². The Kier molecular flexibility index (Phi) is 4.16. The van der Waals surface area contributed by atoms with E-state index in [2.05, 4.69) is 16.0 Å². The molecule has 0 saturated heterocycles. The second-order valence-electron chi connectivity index (χ2n) is 5.60. The molecule has 3 rings (SSSR count). The van der Waals surface area contributed by atoms with Gasteiger partial charge in [-0.1, -0.05) is 18.2 Å². The van der Waals surface area contributed by atoms with Gasteiger partial charge in [-0.25, -0.2) is 0 Å². The summed E-state index contributed by atoms with van der Waals surface area (Å²) >= 11 is 14.3. The molecule has 0 amide bonds. The summed E-state index contributed by atoms with van der Waals surface area (Å²) in [7, 11) is 0. The van der Waals surface area contributed by atoms with Crippen LogP contribution in [0, 0.1) is 0 Å². The average molecular weight is 366 g/mol. The summed E-state index contributed by atoms with van der Waals surface area (Å²) in [5, 5.41) is 21.4. The highest BCUT2D eigenvalue weighted by atomic mass is 32.1. The smallest absolute Gasteiger partial charge is 0.172 e. The summed E-state index contributed by atoms with van der Waals surface area (Å²) in [6.07, 6.45) is 21.5. The topological polar surface area (TPSA) is 56.3 Å². The summed E-state index contributed by atoms with van der Waals surface area (Å²) in [5.74, 6) is 0. The van der Waals surface area contributed by atoms with E-state index in [9.17, 15) is 5.11 Å². The molecule has 0 bridgehead atoms. The number of dihydropyridines is 3. The van der Waals surface area contributed by atoms with Gasteiger partial charge in [-0.3, -0.25) is 0 Å². The number of allylic oxidation sites excluding steroid dienone is 6. The fourth-order valence-corrected chi connectivity index (χ4v) is 4.77. The van der Waals surface area contributed by atoms with Crippen LogP contribution in [0.1, 0.15) is 0 Å². The molecule has 0 aromatic rings. The van der Waals surface area contributed by atoms with Crippen LogP contribution in [0.3, 0.4) is 0 Å². The molecule has 23 heavy (non-hydrogen) atoms. The van der Waals surface area contributed by atoms with Gasteiger partial charge in [0.2, 0.25) is 0 Å². The number of hydrogen-bond donors (Lipinski definition) is 7. The van der Waals surface area contributed by atoms with Crippen molar-refractivity contribution in [2.75, 3.05) is 0 Å². The fourth-order valence-electron chi connectivity index (χ4n) is 2.97. The quantitative estimate of drug-likeness (QED) is 0.389. The highest BCUT2D eigenvalue weighted by Crippen LogP contribution is 2.50. The van der Waals surface area contributed by atoms with Gasteiger partial charge in [0.1, 0.15) is 14.6 Å². The van der Waals surface area contributed by atoms with Crippen LogP contribution in [0.2, 0.25) is 0 Å². The number of nitrogens with one attached hydrogen (secondary N) is 3. The molecular formula is C16H19N3OS3. The Hall–Kier alpha value is -1.15. The third-order valence-electron chi connectivity index (χ3n) is 4.20. The van der Waals surface area contributed by atoms with E-state index in [0.717, 1.165) is 0 Å². The molecule has 4 nitrogen and oxygen atoms in total. The summed E-state index contributed by atoms with van der Waals surface area (Å²) in [5.41, 5.74) is -1.63. The maximum atomic E-state index is 12.0. The van der Waals surface area contributed by atoms with Gasteiger partial charge in [0.05, 0.1) is 0 Å². The molecule has 122 valence electrons. The highest BCUT2D eigenvalue weighted by molar-refractivity contribution is 7.84. The Morgan fingerprint density at radius 1 is 0.609 bits per heavy atom. The van der Waals surface area contributed by atoms with Crippen molar-refractivity contribution in [1.82, 2.24) is 16.0 Å². The van der Waals surface area contributed by atoms with Gasteiger partial charge in [-0.05, 0) is 55.1 Å². The van der Waals surface area contributed by atoms with E-state index in [1.807, 2.05) is 36.5 Å². The molecule has 0 fully saturated rings. The van der Waals surface area contributed by atoms with Crippen LogP contribution in [-0.2, 0) is 0 Å². The summed E-state index contributed by atoms with van der Waals surface area (Å²) in [4.78, 5) is -3.43. The average Bonchev–Trinajstić information content (AvgIpc) is 2.56. The van der Waals surface area contributed by atoms with Crippen LogP contribution in [0.25, 0.3) is 0 Å². The van der Waals surface area contributed by atoms with Gasteiger partial charge < -0.3 is 21.1 Å². The standard InChI is InChI=1S/C16H19N3OS3/c20-16(13(21)7-1-4-10-17-13,14(22)8-2-5-11-18-14)15(23)9-3-6-12-19-15/h1-12,17-23H. The molecule has 0 aromatic carbocycles. The maximum Gasteiger partial charge on any atom is 0.172 e. The van der Waals surface area contributed by atoms with Gasteiger partial charge in [-0.15, -0.1) is 37.9 Å². The molecule has 4 N–H and O–H groups in total. The SMILES string of the molecule is OC(C1(S)C=CC=CN1)(C1(S)C=CC=CN1)C1(S)C=CC=CN1. The van der Waals surface area contributed by atoms with E-state index in [1.165, 1.54) is 0 Å². The number of thiol groups is 3. The second kappa shape index (κ2) is 5.73. The molecule has 3 heterocycles. The summed E-state index contributed by atoms with van der Waals surface area (Å²) < 4.78 is 0. The lowest BCUT2D eigenvalue weighted by Gasteiger charge is -2.59. The van der Waals surface area contributed by atoms with Crippen LogP contribution >= 0.6 is 37.9 Å². The van der Waals surface area contributed by atoms with Gasteiger partial charge in [0, 0.05) is 0 Å². The molecule has 3 aliphatic heterocycles. The Bertz CT molecular complexity index is 581. The van der Waals surface area contributed by atoms with Crippen molar-refractivity contribution < 1.29 is 5.11 Å². The minimum atomic E-state index is -1.63. The highest BCUT2D eigenvalue weighted by Gasteiger charge is 2.68. The third kappa shape index (κ3) is 2.38. The molecule has 0 aliphatic carbocycles. The monoisotopic (exact) mass is 365 g/mol. The minimum Gasteiger partial charge on any atom is -0.379 e. The zero-order chi connectivity index (χ0) is 16.6. The van der Waals surface area contributed by atoms with Gasteiger partial charge in [0.25, 0.3) is 0 Å². The number of rotatable bonds is 3. The largest absolute Gasteiger partial charge is 0.379 e. The van der Waals surface area contributed by atoms with Gasteiger partial charge in [0.15, 0.2) is 5.60 Å². The van der Waals surface area contributed by atoms with E-state index in [0.29, 0.717) is 0 Å². The van der Waals surface area contributed by atoms with Crippen LogP contribution in [-0.4, -0.2) is 25.3 Å². The van der Waals surface area contributed by atoms with Crippen LogP contribution < -0.4 is 16.0 Å². The van der Waals surface area contributed by atoms with E-state index < -0.39 is 20.2 Å². The van der Waals surface area contributed by atoms with Crippen LogP contribution in [0.5, 0.6) is 0 Å². The van der Waals surface area contributed by atoms with E-state index in [1.54, 1.807) is 36.8 Å². The van der Waals surface area contributed by atoms with E-state index >= 15 is 0 Å². The molecule has 3 atom stereocenters. The third-order valence-corrected chi connectivity index (χ3v) is 6.00. The van der Waals surface area contributed by atoms with E-state index in [-0.39, 0.29) is 0 Å². The molecule has 0 aromatic heterocycles. The van der Waals surface area contributed by atoms with Crippen molar-refractivity contribution in [2.45, 2.75) is 20.2 Å². The van der Waals surface area contributed by atoms with Crippen molar-refractivity contribution >= 4 is 37.9 Å². The zero-order valence-electron chi connectivity index (χ0n) is 12.2. The molecule has 3 aliphatic rings. The fraction of sp³-hybridized carbons (Fsp3) is 0.250. The zero-order valence-corrected chi connectivity index (χ0v) is 14.9. The first-order valence-electron chi connectivity index (χ1n) is 7.13. The lowest BCUT2D eigenvalue weighted by Crippen LogP contribution is -2.80. The molecule has 3 unspecified atom stereocenters. The number of hydrogen-bond acceptors (Lipinski definition) is 7. The Balaban J connectivity index is 2.18. The predicted molar refractivity (Wildman–Crippen MR) is 104 cm³/mol. The van der Waals surface area contributed by atoms with Crippen molar-refractivity contribution in [1.29, 1.82) is 0 Å². The van der Waals surface area contributed by atoms with Crippen molar-refractivity contribution in [2.24, 2.45) is 0 Å². The molecule has 7 heteroatoms. The van der Waals surface area contributed by atoms with Crippen molar-refractivity contribution in [3.63, 3.8) is 0 Å². The Labute approximate surface area is 152 Å². The predicted octanol–water partition coefficient (Wildman–Crippen LogP) is 1.62. The maximum absolute atomic E-state index is 12.0. The number of aliphatic hydroxyl groups is 1. The minimum absolute atomic E-state index is 1.14. The first-order chi connectivity index (χ1) is 10.9. The van der Waals surface area contributed by atoms with Crippen LogP contribution in [0.15, 0.2) is 73.3 Å². The van der Waals surface area contributed by atoms with E-state index in [4.69, 9.17) is 37.9 Å². The molecular weight excluding hydrogens is 346 g/mol. The van der Waals surface area contributed by atoms with Gasteiger partial charge in [-0.2, -0.15) is 0 Å². The summed E-state index contributed by atoms with van der Waals surface area (Å²) in [6.45, 7) is 0. The first-order valence-corrected chi connectivity index (χ1v) is 8.47. The Morgan fingerprint density at radius 3 is 1.13 bits per heavy atom. The molecule has 0 saturated carbocycles. The lowest BCUT2D eigenvalue weighted by molar-refractivity contribution is -0.0484. The first kappa shape index (κ1) is 16.7. The molecule has 0 radical (unpaired) electrons. The van der Waals surface area contributed by atoms with Crippen LogP contribution in [0.4, 0.5) is 0 Å². The van der Waals surface area contributed by atoms with Gasteiger partial charge >= 0.3 is 0 Å². The normalized spacial score (nSPS) is 40.2.